The van der Waals surface area contributed by atoms with Crippen molar-refractivity contribution >= 4 is 38.2 Å². The molecular weight excluding hydrogens is 396 g/mol. The van der Waals surface area contributed by atoms with Crippen molar-refractivity contribution in [1.29, 1.82) is 0 Å². The second-order valence-electron chi connectivity index (χ2n) is 6.44. The van der Waals surface area contributed by atoms with Crippen LogP contribution in [0.4, 0.5) is 5.69 Å². The van der Waals surface area contributed by atoms with Gasteiger partial charge in [-0.25, -0.2) is 13.1 Å². The van der Waals surface area contributed by atoms with E-state index in [0.717, 1.165) is 17.1 Å². The molecule has 0 fully saturated rings. The van der Waals surface area contributed by atoms with E-state index >= 15 is 0 Å². The minimum atomic E-state index is -3.84. The maximum absolute atomic E-state index is 13.0. The Morgan fingerprint density at radius 1 is 1.04 bits per heavy atom. The number of sulfonamides is 1. The smallest absolute Gasteiger partial charge is 0.262 e. The van der Waals surface area contributed by atoms with Gasteiger partial charge in [0.05, 0.1) is 32.5 Å². The number of hydrogen-bond acceptors (Lipinski definition) is 4. The first kappa shape index (κ1) is 18.5. The lowest BCUT2D eigenvalue weighted by Crippen LogP contribution is -2.14. The molecule has 0 aliphatic rings. The number of rotatable bonds is 4. The van der Waals surface area contributed by atoms with Gasteiger partial charge in [-0.05, 0) is 62.4 Å². The summed E-state index contributed by atoms with van der Waals surface area (Å²) in [5, 5.41) is 5.32. The Morgan fingerprint density at radius 3 is 2.61 bits per heavy atom. The van der Waals surface area contributed by atoms with Gasteiger partial charge in [0.15, 0.2) is 0 Å². The van der Waals surface area contributed by atoms with Crippen molar-refractivity contribution in [2.45, 2.75) is 18.7 Å². The van der Waals surface area contributed by atoms with Gasteiger partial charge in [0, 0.05) is 17.3 Å². The predicted molar refractivity (Wildman–Crippen MR) is 111 cm³/mol. The molecule has 4 aromatic rings. The van der Waals surface area contributed by atoms with Crippen LogP contribution in [0.1, 0.15) is 11.4 Å². The molecule has 2 aromatic carbocycles. The van der Waals surface area contributed by atoms with Crippen LogP contribution < -0.4 is 4.72 Å². The van der Waals surface area contributed by atoms with E-state index in [1.54, 1.807) is 41.2 Å². The zero-order chi connectivity index (χ0) is 19.9. The first-order valence-electron chi connectivity index (χ1n) is 8.55. The molecule has 2 heterocycles. The number of aromatic nitrogens is 3. The summed E-state index contributed by atoms with van der Waals surface area (Å²) in [6.07, 6.45) is 1.58. The van der Waals surface area contributed by atoms with Crippen LogP contribution in [0.3, 0.4) is 0 Å². The Kier molecular flexibility index (Phi) is 4.56. The van der Waals surface area contributed by atoms with Gasteiger partial charge in [0.1, 0.15) is 0 Å². The fourth-order valence-corrected chi connectivity index (χ4v) is 4.61. The number of hydrogen-bond donors (Lipinski definition) is 1. The maximum atomic E-state index is 13.0. The summed E-state index contributed by atoms with van der Waals surface area (Å²) in [5.74, 6) is 0. The van der Waals surface area contributed by atoms with Crippen LogP contribution in [-0.2, 0) is 10.0 Å². The second-order valence-corrected chi connectivity index (χ2v) is 8.50. The topological polar surface area (TPSA) is 76.9 Å². The molecule has 0 bridgehead atoms. The molecule has 0 aliphatic carbocycles. The number of fused-ring (bicyclic) bond motifs is 1. The summed E-state index contributed by atoms with van der Waals surface area (Å²) in [6, 6.07) is 15.5. The SMILES string of the molecule is Cc1cc(C)n(-c2cccc(NS(=O)(=O)c3ccc(Cl)c4ncccc34)c2)n1. The van der Waals surface area contributed by atoms with Crippen LogP contribution in [-0.4, -0.2) is 23.2 Å². The molecule has 0 radical (unpaired) electrons. The lowest BCUT2D eigenvalue weighted by Gasteiger charge is -2.12. The van der Waals surface area contributed by atoms with Crippen LogP contribution in [0.2, 0.25) is 5.02 Å². The van der Waals surface area contributed by atoms with Gasteiger partial charge in [-0.3, -0.25) is 9.71 Å². The zero-order valence-corrected chi connectivity index (χ0v) is 16.8. The normalized spacial score (nSPS) is 11.7. The second kappa shape index (κ2) is 6.92. The molecule has 4 rings (SSSR count). The number of nitrogens with zero attached hydrogens (tertiary/aromatic N) is 3. The number of benzene rings is 2. The van der Waals surface area contributed by atoms with Crippen LogP contribution in [0.25, 0.3) is 16.6 Å². The summed E-state index contributed by atoms with van der Waals surface area (Å²) >= 11 is 6.16. The third-order valence-corrected chi connectivity index (χ3v) is 6.07. The van der Waals surface area contributed by atoms with Crippen molar-refractivity contribution in [2.24, 2.45) is 0 Å². The molecule has 6 nitrogen and oxygen atoms in total. The van der Waals surface area contributed by atoms with E-state index in [0.29, 0.717) is 21.6 Å². The highest BCUT2D eigenvalue weighted by Gasteiger charge is 2.19. The molecule has 0 saturated heterocycles. The maximum Gasteiger partial charge on any atom is 0.262 e. The van der Waals surface area contributed by atoms with Crippen molar-refractivity contribution in [3.05, 3.63) is 77.2 Å². The van der Waals surface area contributed by atoms with E-state index < -0.39 is 10.0 Å². The van der Waals surface area contributed by atoms with Crippen molar-refractivity contribution in [1.82, 2.24) is 14.8 Å². The van der Waals surface area contributed by atoms with Gasteiger partial charge < -0.3 is 0 Å². The Balaban J connectivity index is 1.75. The molecule has 1 N–H and O–H groups in total. The number of halogens is 1. The standard InChI is InChI=1S/C20H17ClN4O2S/c1-13-11-14(2)25(23-13)16-6-3-5-15(12-16)24-28(26,27)19-9-8-18(21)20-17(19)7-4-10-22-20/h3-12,24H,1-2H3. The lowest BCUT2D eigenvalue weighted by molar-refractivity contribution is 0.602. The molecule has 2 aromatic heterocycles. The summed E-state index contributed by atoms with van der Waals surface area (Å²) in [7, 11) is -3.84. The monoisotopic (exact) mass is 412 g/mol. The minimum absolute atomic E-state index is 0.122. The van der Waals surface area contributed by atoms with Gasteiger partial charge in [-0.15, -0.1) is 0 Å². The number of aryl methyl sites for hydroxylation is 2. The molecule has 0 spiro atoms. The van der Waals surface area contributed by atoms with E-state index in [-0.39, 0.29) is 4.90 Å². The molecule has 8 heteroatoms. The first-order valence-corrected chi connectivity index (χ1v) is 10.4. The fourth-order valence-electron chi connectivity index (χ4n) is 3.15. The molecule has 142 valence electrons. The molecule has 28 heavy (non-hydrogen) atoms. The van der Waals surface area contributed by atoms with Gasteiger partial charge in [0.2, 0.25) is 0 Å². The number of pyridine rings is 1. The van der Waals surface area contributed by atoms with Crippen molar-refractivity contribution in [2.75, 3.05) is 4.72 Å². The molecule has 0 unspecified atom stereocenters. The molecular formula is C20H17ClN4O2S. The van der Waals surface area contributed by atoms with Gasteiger partial charge >= 0.3 is 0 Å². The molecule has 0 aliphatic heterocycles. The highest BCUT2D eigenvalue weighted by Crippen LogP contribution is 2.29. The van der Waals surface area contributed by atoms with E-state index in [2.05, 4.69) is 14.8 Å². The Labute approximate surface area is 167 Å². The summed E-state index contributed by atoms with van der Waals surface area (Å²) in [6.45, 7) is 3.86. The third-order valence-electron chi connectivity index (χ3n) is 4.32. The summed E-state index contributed by atoms with van der Waals surface area (Å²) < 4.78 is 30.5. The Hall–Kier alpha value is -2.90. The van der Waals surface area contributed by atoms with Crippen molar-refractivity contribution in [3.63, 3.8) is 0 Å². The van der Waals surface area contributed by atoms with E-state index in [1.165, 1.54) is 12.1 Å². The summed E-state index contributed by atoms with van der Waals surface area (Å²) in [4.78, 5) is 4.31. The van der Waals surface area contributed by atoms with Crippen molar-refractivity contribution in [3.8, 4) is 5.69 Å². The quantitative estimate of drug-likeness (QED) is 0.535. The fraction of sp³-hybridized carbons (Fsp3) is 0.100. The van der Waals surface area contributed by atoms with Crippen LogP contribution in [0.15, 0.2) is 65.7 Å². The minimum Gasteiger partial charge on any atom is -0.280 e. The zero-order valence-electron chi connectivity index (χ0n) is 15.2. The number of anilines is 1. The molecule has 0 amide bonds. The van der Waals surface area contributed by atoms with Gasteiger partial charge in [-0.2, -0.15) is 5.10 Å². The van der Waals surface area contributed by atoms with E-state index in [1.807, 2.05) is 26.0 Å². The van der Waals surface area contributed by atoms with Crippen LogP contribution in [0, 0.1) is 13.8 Å². The highest BCUT2D eigenvalue weighted by molar-refractivity contribution is 7.93. The van der Waals surface area contributed by atoms with Crippen molar-refractivity contribution < 1.29 is 8.42 Å². The van der Waals surface area contributed by atoms with Gasteiger partial charge in [0.25, 0.3) is 10.0 Å². The van der Waals surface area contributed by atoms with E-state index in [9.17, 15) is 8.42 Å². The highest BCUT2D eigenvalue weighted by atomic mass is 35.5. The largest absolute Gasteiger partial charge is 0.280 e. The average molecular weight is 413 g/mol. The number of nitrogens with one attached hydrogen (secondary N) is 1. The lowest BCUT2D eigenvalue weighted by atomic mass is 10.2. The first-order chi connectivity index (χ1) is 13.3. The average Bonchev–Trinajstić information content (AvgIpc) is 3.00. The Morgan fingerprint density at radius 2 is 1.86 bits per heavy atom. The molecule has 0 atom stereocenters. The third kappa shape index (κ3) is 3.34. The van der Waals surface area contributed by atoms with Crippen LogP contribution in [0.5, 0.6) is 0 Å². The Bertz CT molecular complexity index is 1300. The van der Waals surface area contributed by atoms with Crippen LogP contribution >= 0.6 is 11.6 Å². The molecule has 0 saturated carbocycles. The predicted octanol–water partition coefficient (Wildman–Crippen LogP) is 4.49. The van der Waals surface area contributed by atoms with Gasteiger partial charge in [-0.1, -0.05) is 17.7 Å². The summed E-state index contributed by atoms with van der Waals surface area (Å²) in [5.41, 5.74) is 3.52. The van der Waals surface area contributed by atoms with E-state index in [4.69, 9.17) is 11.6 Å².